The molecular formula is C14H16ClNO3. The summed E-state index contributed by atoms with van der Waals surface area (Å²) in [6, 6.07) is 7.62. The van der Waals surface area contributed by atoms with E-state index in [1.165, 1.54) is 0 Å². The third kappa shape index (κ3) is 4.06. The summed E-state index contributed by atoms with van der Waals surface area (Å²) >= 11 is 5.90. The maximum absolute atomic E-state index is 5.90. The highest BCUT2D eigenvalue weighted by Crippen LogP contribution is 2.24. The number of rotatable bonds is 1. The van der Waals surface area contributed by atoms with Crippen LogP contribution in [-0.2, 0) is 9.47 Å². The van der Waals surface area contributed by atoms with Gasteiger partial charge in [-0.3, -0.25) is 0 Å². The molecule has 102 valence electrons. The van der Waals surface area contributed by atoms with E-state index in [0.717, 1.165) is 42.9 Å². The van der Waals surface area contributed by atoms with Crippen molar-refractivity contribution in [3.05, 3.63) is 35.6 Å². The Morgan fingerprint density at radius 2 is 1.79 bits per heavy atom. The number of nitrogens with zero attached hydrogens (tertiary/aromatic N) is 1. The van der Waals surface area contributed by atoms with Gasteiger partial charge in [0.1, 0.15) is 10.9 Å². The minimum atomic E-state index is 0.528. The van der Waals surface area contributed by atoms with Crippen molar-refractivity contribution in [1.29, 1.82) is 0 Å². The van der Waals surface area contributed by atoms with E-state index in [1.807, 2.05) is 24.3 Å². The van der Waals surface area contributed by atoms with Crippen LogP contribution >= 0.6 is 11.6 Å². The lowest BCUT2D eigenvalue weighted by Crippen LogP contribution is -2.16. The van der Waals surface area contributed by atoms with Crippen molar-refractivity contribution in [2.24, 2.45) is 0 Å². The number of aromatic nitrogens is 1. The Morgan fingerprint density at radius 1 is 1.11 bits per heavy atom. The van der Waals surface area contributed by atoms with Gasteiger partial charge in [-0.2, -0.15) is 0 Å². The zero-order valence-electron chi connectivity index (χ0n) is 10.8. The highest BCUT2D eigenvalue weighted by atomic mass is 35.5. The molecule has 1 aliphatic heterocycles. The lowest BCUT2D eigenvalue weighted by atomic mass is 10.2. The van der Waals surface area contributed by atoms with Crippen LogP contribution in [0.3, 0.4) is 0 Å². The van der Waals surface area contributed by atoms with E-state index in [-0.39, 0.29) is 0 Å². The second-order valence-electron chi connectivity index (χ2n) is 3.91. The third-order valence-corrected chi connectivity index (χ3v) is 2.97. The van der Waals surface area contributed by atoms with E-state index < -0.39 is 0 Å². The summed E-state index contributed by atoms with van der Waals surface area (Å²) in [4.78, 5) is 3.99. The molecule has 2 heterocycles. The Bertz CT molecular complexity index is 518. The van der Waals surface area contributed by atoms with Gasteiger partial charge < -0.3 is 14.2 Å². The topological polar surface area (TPSA) is 40.6 Å². The van der Waals surface area contributed by atoms with Crippen LogP contribution in [0, 0.1) is 0 Å². The molecule has 0 unspecified atom stereocenters. The van der Waals surface area contributed by atoms with Crippen LogP contribution in [-0.4, -0.2) is 38.5 Å². The van der Waals surface area contributed by atoms with Gasteiger partial charge in [-0.1, -0.05) is 11.6 Å². The summed E-state index contributed by atoms with van der Waals surface area (Å²) in [6.45, 7) is 3.11. The Balaban J connectivity index is 0.000000186. The molecule has 1 aromatic heterocycles. The zero-order valence-corrected chi connectivity index (χ0v) is 11.5. The lowest BCUT2D eigenvalue weighted by molar-refractivity contribution is -0.0334. The molecule has 4 nitrogen and oxygen atoms in total. The third-order valence-electron chi connectivity index (χ3n) is 2.67. The summed E-state index contributed by atoms with van der Waals surface area (Å²) in [5.74, 6) is 0.828. The largest absolute Gasteiger partial charge is 0.497 e. The van der Waals surface area contributed by atoms with Gasteiger partial charge in [0.15, 0.2) is 0 Å². The maximum atomic E-state index is 5.90. The molecule has 1 fully saturated rings. The SMILES string of the molecule is C1COCCO1.COc1ccc2c(Cl)nccc2c1. The average molecular weight is 282 g/mol. The number of methoxy groups -OCH3 is 1. The molecule has 3 rings (SSSR count). The first kappa shape index (κ1) is 14.1. The zero-order chi connectivity index (χ0) is 13.5. The Kier molecular flexibility index (Phi) is 5.39. The van der Waals surface area contributed by atoms with Gasteiger partial charge in [0.05, 0.1) is 33.5 Å². The monoisotopic (exact) mass is 281 g/mol. The van der Waals surface area contributed by atoms with Crippen molar-refractivity contribution in [2.45, 2.75) is 0 Å². The molecule has 0 N–H and O–H groups in total. The summed E-state index contributed by atoms with van der Waals surface area (Å²) < 4.78 is 15.0. The van der Waals surface area contributed by atoms with Crippen LogP contribution in [0.4, 0.5) is 0 Å². The minimum Gasteiger partial charge on any atom is -0.497 e. The van der Waals surface area contributed by atoms with Crippen molar-refractivity contribution >= 4 is 22.4 Å². The molecule has 5 heteroatoms. The Labute approximate surface area is 117 Å². The van der Waals surface area contributed by atoms with Gasteiger partial charge in [-0.25, -0.2) is 4.98 Å². The second kappa shape index (κ2) is 7.28. The molecule has 19 heavy (non-hydrogen) atoms. The van der Waals surface area contributed by atoms with Crippen molar-refractivity contribution < 1.29 is 14.2 Å². The van der Waals surface area contributed by atoms with Crippen LogP contribution in [0.1, 0.15) is 0 Å². The highest BCUT2D eigenvalue weighted by Gasteiger charge is 2.00. The smallest absolute Gasteiger partial charge is 0.136 e. The standard InChI is InChI=1S/C10H8ClNO.C4H8O2/c1-13-8-2-3-9-7(6-8)4-5-12-10(9)11;1-2-6-4-3-5-1/h2-6H,1H3;1-4H2. The van der Waals surface area contributed by atoms with Gasteiger partial charge in [0.25, 0.3) is 0 Å². The van der Waals surface area contributed by atoms with E-state index >= 15 is 0 Å². The molecule has 0 aliphatic carbocycles. The Hall–Kier alpha value is -1.36. The van der Waals surface area contributed by atoms with Crippen LogP contribution < -0.4 is 4.74 Å². The van der Waals surface area contributed by atoms with E-state index in [2.05, 4.69) is 4.98 Å². The first-order valence-corrected chi connectivity index (χ1v) is 6.43. The van der Waals surface area contributed by atoms with Crippen LogP contribution in [0.15, 0.2) is 30.5 Å². The summed E-state index contributed by atoms with van der Waals surface area (Å²) in [7, 11) is 1.64. The number of benzene rings is 1. The molecule has 1 aliphatic rings. The quantitative estimate of drug-likeness (QED) is 0.754. The summed E-state index contributed by atoms with van der Waals surface area (Å²) in [5.41, 5.74) is 0. The number of halogens is 1. The van der Waals surface area contributed by atoms with Crippen LogP contribution in [0.2, 0.25) is 5.15 Å². The maximum Gasteiger partial charge on any atom is 0.136 e. The number of pyridine rings is 1. The summed E-state index contributed by atoms with van der Waals surface area (Å²) in [5, 5.41) is 2.52. The first-order chi connectivity index (χ1) is 9.31. The van der Waals surface area contributed by atoms with E-state index in [9.17, 15) is 0 Å². The molecule has 0 radical (unpaired) electrons. The van der Waals surface area contributed by atoms with Gasteiger partial charge >= 0.3 is 0 Å². The normalized spacial score (nSPS) is 14.6. The first-order valence-electron chi connectivity index (χ1n) is 6.05. The van der Waals surface area contributed by atoms with Gasteiger partial charge in [-0.05, 0) is 29.7 Å². The highest BCUT2D eigenvalue weighted by molar-refractivity contribution is 6.34. The van der Waals surface area contributed by atoms with Gasteiger partial charge in [0.2, 0.25) is 0 Å². The molecule has 2 aromatic rings. The number of fused-ring (bicyclic) bond motifs is 1. The molecule has 0 bridgehead atoms. The predicted molar refractivity (Wildman–Crippen MR) is 74.9 cm³/mol. The number of ether oxygens (including phenoxy) is 3. The second-order valence-corrected chi connectivity index (χ2v) is 4.27. The van der Waals surface area contributed by atoms with E-state index in [0.29, 0.717) is 5.15 Å². The molecule has 0 amide bonds. The fourth-order valence-electron chi connectivity index (χ4n) is 1.69. The number of hydrogen-bond acceptors (Lipinski definition) is 4. The van der Waals surface area contributed by atoms with Gasteiger partial charge in [-0.15, -0.1) is 0 Å². The predicted octanol–water partition coefficient (Wildman–Crippen LogP) is 2.93. The summed E-state index contributed by atoms with van der Waals surface area (Å²) in [6.07, 6.45) is 1.68. The molecule has 0 saturated carbocycles. The fourth-order valence-corrected chi connectivity index (χ4v) is 1.91. The molecule has 1 aromatic carbocycles. The fraction of sp³-hybridized carbons (Fsp3) is 0.357. The molecule has 0 atom stereocenters. The molecular weight excluding hydrogens is 266 g/mol. The Morgan fingerprint density at radius 3 is 2.37 bits per heavy atom. The number of hydrogen-bond donors (Lipinski definition) is 0. The van der Waals surface area contributed by atoms with Crippen molar-refractivity contribution in [3.8, 4) is 5.75 Å². The van der Waals surface area contributed by atoms with E-state index in [1.54, 1.807) is 13.3 Å². The van der Waals surface area contributed by atoms with Gasteiger partial charge in [0, 0.05) is 11.6 Å². The van der Waals surface area contributed by atoms with Crippen molar-refractivity contribution in [1.82, 2.24) is 4.98 Å². The molecule has 0 spiro atoms. The lowest BCUT2D eigenvalue weighted by Gasteiger charge is -2.09. The van der Waals surface area contributed by atoms with Crippen molar-refractivity contribution in [3.63, 3.8) is 0 Å². The van der Waals surface area contributed by atoms with E-state index in [4.69, 9.17) is 25.8 Å². The van der Waals surface area contributed by atoms with Crippen molar-refractivity contribution in [2.75, 3.05) is 33.5 Å². The van der Waals surface area contributed by atoms with Crippen LogP contribution in [0.5, 0.6) is 5.75 Å². The van der Waals surface area contributed by atoms with Crippen LogP contribution in [0.25, 0.3) is 10.8 Å². The molecule has 1 saturated heterocycles. The minimum absolute atomic E-state index is 0.528. The average Bonchev–Trinajstić information content (AvgIpc) is 2.49.